The molecule has 8 heteroatoms. The van der Waals surface area contributed by atoms with E-state index in [1.165, 1.54) is 5.57 Å². The minimum atomic E-state index is 0. The zero-order chi connectivity index (χ0) is 23.9. The van der Waals surface area contributed by atoms with Gasteiger partial charge in [0.15, 0.2) is 5.96 Å². The van der Waals surface area contributed by atoms with Crippen molar-refractivity contribution in [2.24, 2.45) is 5.73 Å². The third-order valence-corrected chi connectivity index (χ3v) is 6.31. The van der Waals surface area contributed by atoms with Gasteiger partial charge in [-0.3, -0.25) is 5.41 Å². The first-order valence-electron chi connectivity index (χ1n) is 11.7. The lowest BCUT2D eigenvalue weighted by atomic mass is 9.87. The summed E-state index contributed by atoms with van der Waals surface area (Å²) >= 11 is 0. The number of hydrogen-bond acceptors (Lipinski definition) is 4. The van der Waals surface area contributed by atoms with Gasteiger partial charge in [0.05, 0.1) is 0 Å². The van der Waals surface area contributed by atoms with Crippen LogP contribution in [-0.2, 0) is 0 Å². The summed E-state index contributed by atoms with van der Waals surface area (Å²) in [4.78, 5) is 4.21. The molecule has 0 atom stereocenters. The number of nitrogens with one attached hydrogen (secondary N) is 1. The van der Waals surface area contributed by atoms with Gasteiger partial charge in [-0.15, -0.1) is 24.8 Å². The summed E-state index contributed by atoms with van der Waals surface area (Å²) in [6, 6.07) is 26.2. The number of aliphatic hydroxyl groups is 1. The molecule has 36 heavy (non-hydrogen) atoms. The van der Waals surface area contributed by atoms with Crippen molar-refractivity contribution < 1.29 is 10.2 Å². The second kappa shape index (κ2) is 13.8. The van der Waals surface area contributed by atoms with E-state index < -0.39 is 0 Å². The number of phenolic OH excluding ortho intramolecular Hbond substituents is 1. The maximum atomic E-state index is 9.86. The van der Waals surface area contributed by atoms with Crippen molar-refractivity contribution in [3.8, 4) is 5.75 Å². The number of piperazine rings is 1. The van der Waals surface area contributed by atoms with E-state index in [1.54, 1.807) is 12.1 Å². The first kappa shape index (κ1) is 29.0. The van der Waals surface area contributed by atoms with Gasteiger partial charge in [-0.25, -0.2) is 0 Å². The van der Waals surface area contributed by atoms with Crippen molar-refractivity contribution in [2.75, 3.05) is 37.7 Å². The number of halogens is 2. The Hall–Kier alpha value is -3.19. The Morgan fingerprint density at radius 1 is 0.778 bits per heavy atom. The molecule has 1 saturated heterocycles. The molecule has 0 bridgehead atoms. The average molecular weight is 530 g/mol. The van der Waals surface area contributed by atoms with Crippen LogP contribution < -0.4 is 10.6 Å². The molecule has 6 nitrogen and oxygen atoms in total. The monoisotopic (exact) mass is 528 g/mol. The maximum absolute atomic E-state index is 9.86. The van der Waals surface area contributed by atoms with E-state index in [1.807, 2.05) is 35.2 Å². The summed E-state index contributed by atoms with van der Waals surface area (Å²) in [7, 11) is 0. The summed E-state index contributed by atoms with van der Waals surface area (Å²) in [5.41, 5.74) is 12.3. The molecule has 0 aromatic heterocycles. The van der Waals surface area contributed by atoms with Crippen LogP contribution in [-0.4, -0.2) is 53.9 Å². The van der Waals surface area contributed by atoms with Crippen molar-refractivity contribution >= 4 is 47.6 Å². The zero-order valence-electron chi connectivity index (χ0n) is 20.1. The van der Waals surface area contributed by atoms with Crippen LogP contribution in [0.15, 0.2) is 78.9 Å². The van der Waals surface area contributed by atoms with Crippen LogP contribution in [0.3, 0.4) is 0 Å². The molecule has 0 amide bonds. The number of guanidine groups is 1. The first-order valence-corrected chi connectivity index (χ1v) is 11.7. The first-order chi connectivity index (χ1) is 16.6. The third kappa shape index (κ3) is 6.94. The Kier molecular flexibility index (Phi) is 11.1. The average Bonchev–Trinajstić information content (AvgIpc) is 2.88. The predicted octanol–water partition coefficient (Wildman–Crippen LogP) is 4.98. The van der Waals surface area contributed by atoms with Crippen molar-refractivity contribution in [3.05, 3.63) is 95.6 Å². The van der Waals surface area contributed by atoms with Crippen molar-refractivity contribution in [1.82, 2.24) is 4.90 Å². The molecule has 0 saturated carbocycles. The fourth-order valence-corrected chi connectivity index (χ4v) is 4.50. The van der Waals surface area contributed by atoms with Crippen LogP contribution in [0.2, 0.25) is 0 Å². The Morgan fingerprint density at radius 3 is 1.86 bits per heavy atom. The van der Waals surface area contributed by atoms with Gasteiger partial charge in [-0.2, -0.15) is 0 Å². The molecule has 1 fully saturated rings. The normalized spacial score (nSPS) is 13.8. The number of aliphatic hydroxyl groups excluding tert-OH is 1. The van der Waals surface area contributed by atoms with Crippen molar-refractivity contribution in [3.63, 3.8) is 0 Å². The number of hydrogen-bond donors (Lipinski definition) is 4. The Morgan fingerprint density at radius 2 is 1.33 bits per heavy atom. The number of aromatic hydroxyl groups is 1. The predicted molar refractivity (Wildman–Crippen MR) is 153 cm³/mol. The van der Waals surface area contributed by atoms with Gasteiger partial charge in [-0.05, 0) is 64.9 Å². The van der Waals surface area contributed by atoms with Gasteiger partial charge in [0.2, 0.25) is 0 Å². The van der Waals surface area contributed by atoms with E-state index >= 15 is 0 Å². The Balaban J connectivity index is 0.00000228. The summed E-state index contributed by atoms with van der Waals surface area (Å²) in [5, 5.41) is 27.1. The molecule has 0 unspecified atom stereocenters. The minimum absolute atomic E-state index is 0. The molecular weight excluding hydrogens is 495 g/mol. The molecule has 5 N–H and O–H groups in total. The molecule has 3 aromatic carbocycles. The summed E-state index contributed by atoms with van der Waals surface area (Å²) < 4.78 is 0. The molecule has 1 aliphatic heterocycles. The van der Waals surface area contributed by atoms with E-state index in [9.17, 15) is 10.2 Å². The number of benzene rings is 3. The van der Waals surface area contributed by atoms with Gasteiger partial charge in [-0.1, -0.05) is 54.6 Å². The van der Waals surface area contributed by atoms with Crippen LogP contribution in [0, 0.1) is 5.41 Å². The highest BCUT2D eigenvalue weighted by atomic mass is 35.5. The highest BCUT2D eigenvalue weighted by Gasteiger charge is 2.19. The van der Waals surface area contributed by atoms with Gasteiger partial charge >= 0.3 is 0 Å². The van der Waals surface area contributed by atoms with Gasteiger partial charge in [0.1, 0.15) is 5.75 Å². The minimum Gasteiger partial charge on any atom is -0.508 e. The summed E-state index contributed by atoms with van der Waals surface area (Å²) in [6.07, 6.45) is 1.41. The number of anilines is 1. The third-order valence-electron chi connectivity index (χ3n) is 6.31. The molecule has 192 valence electrons. The Bertz CT molecular complexity index is 1130. The molecule has 4 rings (SSSR count). The molecule has 0 aliphatic carbocycles. The number of nitrogens with two attached hydrogens (primary N) is 1. The van der Waals surface area contributed by atoms with E-state index in [2.05, 4.69) is 41.3 Å². The van der Waals surface area contributed by atoms with Crippen LogP contribution in [0.5, 0.6) is 5.75 Å². The molecule has 1 heterocycles. The smallest absolute Gasteiger partial charge is 0.188 e. The molecule has 0 radical (unpaired) electrons. The van der Waals surface area contributed by atoms with Crippen LogP contribution >= 0.6 is 24.8 Å². The molecule has 3 aromatic rings. The number of phenols is 1. The fraction of sp³-hybridized carbons (Fsp3) is 0.250. The molecular formula is C28H34Cl2N4O2. The summed E-state index contributed by atoms with van der Waals surface area (Å²) in [5.74, 6) is 0.370. The van der Waals surface area contributed by atoms with E-state index in [0.717, 1.165) is 60.6 Å². The van der Waals surface area contributed by atoms with Crippen molar-refractivity contribution in [1.29, 1.82) is 5.41 Å². The van der Waals surface area contributed by atoms with E-state index in [-0.39, 0.29) is 43.1 Å². The second-order valence-corrected chi connectivity index (χ2v) is 8.50. The lowest BCUT2D eigenvalue weighted by Crippen LogP contribution is -2.50. The Labute approximate surface area is 225 Å². The van der Waals surface area contributed by atoms with E-state index in [0.29, 0.717) is 6.42 Å². The number of rotatable bonds is 7. The second-order valence-electron chi connectivity index (χ2n) is 8.50. The van der Waals surface area contributed by atoms with E-state index in [4.69, 9.17) is 11.1 Å². The van der Waals surface area contributed by atoms with Gasteiger partial charge in [0.25, 0.3) is 0 Å². The van der Waals surface area contributed by atoms with Crippen LogP contribution in [0.4, 0.5) is 5.69 Å². The fourth-order valence-electron chi connectivity index (χ4n) is 4.50. The lowest BCUT2D eigenvalue weighted by molar-refractivity contribution is 0.290. The number of allylic oxidation sites excluding steroid dienone is 1. The highest BCUT2D eigenvalue weighted by molar-refractivity contribution is 5.98. The van der Waals surface area contributed by atoms with Crippen LogP contribution in [0.1, 0.15) is 29.5 Å². The van der Waals surface area contributed by atoms with Gasteiger partial charge < -0.3 is 25.7 Å². The number of nitrogens with zero attached hydrogens (tertiary/aromatic N) is 2. The largest absolute Gasteiger partial charge is 0.508 e. The lowest BCUT2D eigenvalue weighted by Gasteiger charge is -2.36. The van der Waals surface area contributed by atoms with Crippen LogP contribution in [0.25, 0.3) is 11.1 Å². The molecule has 0 spiro atoms. The van der Waals surface area contributed by atoms with Gasteiger partial charge in [0, 0.05) is 38.5 Å². The van der Waals surface area contributed by atoms with Crippen molar-refractivity contribution in [2.45, 2.75) is 12.8 Å². The standard InChI is InChI=1S/C28H32N4O2.2ClH/c29-28(30)32-18-16-31(17-19-32)24-12-8-22(9-13-24)27(23-10-14-25(34)15-11-23)26(7-4-20-33)21-5-2-1-3-6-21;;/h1-3,5-6,8-15,33-34H,4,7,16-20H2,(H3,29,30);2*1H/b27-26+;;. The quantitative estimate of drug-likeness (QED) is 0.197. The highest BCUT2D eigenvalue weighted by Crippen LogP contribution is 2.36. The zero-order valence-corrected chi connectivity index (χ0v) is 21.8. The maximum Gasteiger partial charge on any atom is 0.188 e. The molecule has 1 aliphatic rings. The SMILES string of the molecule is Cl.Cl.N=C(N)N1CCN(c2ccc(/C(=C(/CCCO)c3ccccc3)c3ccc(O)cc3)cc2)CC1. The topological polar surface area (TPSA) is 96.8 Å². The summed E-state index contributed by atoms with van der Waals surface area (Å²) in [6.45, 7) is 3.27.